The van der Waals surface area contributed by atoms with Crippen molar-refractivity contribution in [1.82, 2.24) is 0 Å². The van der Waals surface area contributed by atoms with Gasteiger partial charge in [-0.15, -0.1) is 11.3 Å². The van der Waals surface area contributed by atoms with Gasteiger partial charge in [-0.3, -0.25) is 0 Å². The molecule has 0 radical (unpaired) electrons. The van der Waals surface area contributed by atoms with E-state index >= 15 is 0 Å². The summed E-state index contributed by atoms with van der Waals surface area (Å²) in [7, 11) is 2.02. The molecule has 1 nitrogen and oxygen atoms in total. The average Bonchev–Trinajstić information content (AvgIpc) is 3.15. The summed E-state index contributed by atoms with van der Waals surface area (Å²) in [6, 6.07) is 24.4. The first-order chi connectivity index (χ1) is 12.6. The van der Waals surface area contributed by atoms with Gasteiger partial charge in [0.15, 0.2) is 0 Å². The fourth-order valence-corrected chi connectivity index (χ4v) is 5.55. The number of anilines is 1. The third-order valence-corrected chi connectivity index (χ3v) is 6.91. The lowest BCUT2D eigenvalue weighted by atomic mass is 9.82. The van der Waals surface area contributed by atoms with E-state index in [1.54, 1.807) is 0 Å². The number of hydrogen-bond acceptors (Lipinski definition) is 2. The minimum atomic E-state index is 0.0401. The van der Waals surface area contributed by atoms with Crippen LogP contribution in [0.25, 0.3) is 31.7 Å². The highest BCUT2D eigenvalue weighted by molar-refractivity contribution is 7.23. The molecule has 1 aliphatic carbocycles. The van der Waals surface area contributed by atoms with Crippen LogP contribution in [-0.2, 0) is 5.41 Å². The van der Waals surface area contributed by atoms with Crippen LogP contribution < -0.4 is 5.32 Å². The van der Waals surface area contributed by atoms with Crippen molar-refractivity contribution in [2.24, 2.45) is 0 Å². The highest BCUT2D eigenvalue weighted by atomic mass is 32.1. The van der Waals surface area contributed by atoms with Crippen molar-refractivity contribution in [3.8, 4) is 21.6 Å². The van der Waals surface area contributed by atoms with Gasteiger partial charge in [-0.1, -0.05) is 68.4 Å². The van der Waals surface area contributed by atoms with Crippen LogP contribution in [0, 0.1) is 0 Å². The summed E-state index contributed by atoms with van der Waals surface area (Å²) < 4.78 is 1.33. The van der Waals surface area contributed by atoms with Crippen molar-refractivity contribution in [3.63, 3.8) is 0 Å². The maximum Gasteiger partial charge on any atom is 0.0606 e. The second kappa shape index (κ2) is 5.46. The Hall–Kier alpha value is -2.58. The zero-order chi connectivity index (χ0) is 17.9. The molecule has 0 atom stereocenters. The molecule has 1 heterocycles. The number of rotatable bonds is 2. The van der Waals surface area contributed by atoms with Gasteiger partial charge in [0.05, 0.1) is 10.6 Å². The average molecular weight is 356 g/mol. The molecule has 0 saturated carbocycles. The smallest absolute Gasteiger partial charge is 0.0606 e. The van der Waals surface area contributed by atoms with Crippen molar-refractivity contribution >= 4 is 27.1 Å². The van der Waals surface area contributed by atoms with Gasteiger partial charge in [0.2, 0.25) is 0 Å². The molecule has 4 aromatic rings. The summed E-state index contributed by atoms with van der Waals surface area (Å²) in [5, 5.41) is 4.74. The van der Waals surface area contributed by atoms with Crippen LogP contribution in [0.1, 0.15) is 25.0 Å². The first kappa shape index (κ1) is 15.7. The topological polar surface area (TPSA) is 12.0 Å². The Morgan fingerprint density at radius 1 is 0.808 bits per heavy atom. The summed E-state index contributed by atoms with van der Waals surface area (Å²) >= 11 is 1.87. The Bertz CT molecular complexity index is 1150. The molecule has 0 amide bonds. The molecule has 0 bridgehead atoms. The maximum atomic E-state index is 3.43. The van der Waals surface area contributed by atoms with Gasteiger partial charge >= 0.3 is 0 Å². The molecule has 1 N–H and O–H groups in total. The number of benzene rings is 3. The van der Waals surface area contributed by atoms with E-state index in [2.05, 4.69) is 85.9 Å². The minimum absolute atomic E-state index is 0.0401. The summed E-state index contributed by atoms with van der Waals surface area (Å²) in [5.41, 5.74) is 8.19. The van der Waals surface area contributed by atoms with Gasteiger partial charge in [-0.25, -0.2) is 0 Å². The molecule has 26 heavy (non-hydrogen) atoms. The van der Waals surface area contributed by atoms with E-state index in [1.807, 2.05) is 18.4 Å². The molecule has 3 aromatic carbocycles. The van der Waals surface area contributed by atoms with Gasteiger partial charge in [-0.05, 0) is 39.9 Å². The Morgan fingerprint density at radius 2 is 1.54 bits per heavy atom. The van der Waals surface area contributed by atoms with Gasteiger partial charge in [0.1, 0.15) is 0 Å². The van der Waals surface area contributed by atoms with Gasteiger partial charge in [0, 0.05) is 22.5 Å². The third-order valence-electron chi connectivity index (χ3n) is 5.69. The number of nitrogens with one attached hydrogen (secondary N) is 1. The predicted octanol–water partition coefficient (Wildman–Crippen LogP) is 6.92. The number of thiophene rings is 1. The Labute approximate surface area is 158 Å². The highest BCUT2D eigenvalue weighted by Crippen LogP contribution is 2.51. The molecule has 0 saturated heterocycles. The van der Waals surface area contributed by atoms with E-state index < -0.39 is 0 Å². The molecule has 0 aliphatic heterocycles. The van der Waals surface area contributed by atoms with E-state index in [9.17, 15) is 0 Å². The lowest BCUT2D eigenvalue weighted by Gasteiger charge is -2.22. The molecule has 1 aliphatic rings. The zero-order valence-electron chi connectivity index (χ0n) is 15.3. The van der Waals surface area contributed by atoms with E-state index in [4.69, 9.17) is 0 Å². The first-order valence-electron chi connectivity index (χ1n) is 9.05. The van der Waals surface area contributed by atoms with Crippen molar-refractivity contribution in [2.45, 2.75) is 19.3 Å². The zero-order valence-corrected chi connectivity index (χ0v) is 16.1. The minimum Gasteiger partial charge on any atom is -0.386 e. The molecule has 2 heteroatoms. The molecule has 0 fully saturated rings. The van der Waals surface area contributed by atoms with Crippen LogP contribution >= 0.6 is 11.3 Å². The largest absolute Gasteiger partial charge is 0.386 e. The number of hydrogen-bond donors (Lipinski definition) is 1. The Morgan fingerprint density at radius 3 is 2.38 bits per heavy atom. The van der Waals surface area contributed by atoms with Crippen molar-refractivity contribution in [2.75, 3.05) is 12.4 Å². The molecule has 128 valence electrons. The summed E-state index contributed by atoms with van der Waals surface area (Å²) in [4.78, 5) is 1.32. The fourth-order valence-electron chi connectivity index (χ4n) is 4.34. The van der Waals surface area contributed by atoms with Gasteiger partial charge in [0.25, 0.3) is 0 Å². The predicted molar refractivity (Wildman–Crippen MR) is 114 cm³/mol. The van der Waals surface area contributed by atoms with Crippen molar-refractivity contribution < 1.29 is 0 Å². The molecule has 0 unspecified atom stereocenters. The molecular weight excluding hydrogens is 334 g/mol. The van der Waals surface area contributed by atoms with Gasteiger partial charge < -0.3 is 5.32 Å². The fraction of sp³-hybridized carbons (Fsp3) is 0.167. The Balaban J connectivity index is 1.74. The maximum absolute atomic E-state index is 3.43. The van der Waals surface area contributed by atoms with E-state index in [0.717, 1.165) is 0 Å². The summed E-state index contributed by atoms with van der Waals surface area (Å²) in [6.07, 6.45) is 0. The van der Waals surface area contributed by atoms with E-state index in [0.29, 0.717) is 0 Å². The summed E-state index contributed by atoms with van der Waals surface area (Å²) in [6.45, 7) is 4.68. The lowest BCUT2D eigenvalue weighted by Crippen LogP contribution is -2.14. The molecule has 0 spiro atoms. The molecule has 1 aromatic heterocycles. The first-order valence-corrected chi connectivity index (χ1v) is 9.87. The van der Waals surface area contributed by atoms with Crippen LogP contribution in [0.2, 0.25) is 0 Å². The van der Waals surface area contributed by atoms with Crippen LogP contribution in [0.3, 0.4) is 0 Å². The van der Waals surface area contributed by atoms with E-state index in [1.165, 1.54) is 48.5 Å². The second-order valence-corrected chi connectivity index (χ2v) is 8.54. The van der Waals surface area contributed by atoms with Gasteiger partial charge in [-0.2, -0.15) is 0 Å². The van der Waals surface area contributed by atoms with Crippen LogP contribution in [0.4, 0.5) is 5.69 Å². The van der Waals surface area contributed by atoms with Crippen molar-refractivity contribution in [3.05, 3.63) is 77.9 Å². The lowest BCUT2D eigenvalue weighted by molar-refractivity contribution is 0.660. The molecule has 5 rings (SSSR count). The second-order valence-electron chi connectivity index (χ2n) is 7.48. The van der Waals surface area contributed by atoms with Crippen LogP contribution in [0.5, 0.6) is 0 Å². The Kier molecular flexibility index (Phi) is 3.29. The monoisotopic (exact) mass is 355 g/mol. The summed E-state index contributed by atoms with van der Waals surface area (Å²) in [5.74, 6) is 0. The molecular formula is C24H21NS. The standard InChI is InChI=1S/C24H21NS/c1-24(2)19-10-6-4-8-16(19)17-13-12-15(14-20(17)24)23-22(25-3)18-9-5-7-11-21(18)26-23/h4-14,25H,1-3H3. The van der Waals surface area contributed by atoms with Crippen LogP contribution in [0.15, 0.2) is 66.7 Å². The number of fused-ring (bicyclic) bond motifs is 4. The third kappa shape index (κ3) is 2.02. The normalized spacial score (nSPS) is 14.3. The SMILES string of the molecule is CNc1c(-c2ccc3c(c2)C(C)(C)c2ccccc2-3)sc2ccccc12. The quantitative estimate of drug-likeness (QED) is 0.411. The van der Waals surface area contributed by atoms with Crippen LogP contribution in [-0.4, -0.2) is 7.05 Å². The van der Waals surface area contributed by atoms with Crippen molar-refractivity contribution in [1.29, 1.82) is 0 Å². The highest BCUT2D eigenvalue weighted by Gasteiger charge is 2.35. The van der Waals surface area contributed by atoms with E-state index in [-0.39, 0.29) is 5.41 Å².